The molecule has 2 rings (SSSR count). The van der Waals surface area contributed by atoms with Crippen molar-refractivity contribution >= 4 is 15.7 Å². The fourth-order valence-electron chi connectivity index (χ4n) is 1.10. The topological polar surface area (TPSA) is 86.2 Å². The molecular formula is C5H6N2O3S. The number of nitrogens with zero attached hydrogens (tertiary/aromatic N) is 1. The summed E-state index contributed by atoms with van der Waals surface area (Å²) in [6.07, 6.45) is 0. The summed E-state index contributed by atoms with van der Waals surface area (Å²) in [6.45, 7) is 0. The second-order valence-corrected chi connectivity index (χ2v) is 4.57. The number of nitrogen functional groups attached to an aromatic ring is 1. The molecule has 2 N–H and O–H groups in total. The van der Waals surface area contributed by atoms with Gasteiger partial charge in [0.2, 0.25) is 0 Å². The maximum Gasteiger partial charge on any atom is 0.171 e. The fraction of sp³-hybridized carbons (Fsp3) is 0.400. The highest BCUT2D eigenvalue weighted by molar-refractivity contribution is 7.90. The molecule has 0 bridgehead atoms. The number of aromatic nitrogens is 1. The first-order valence-electron chi connectivity index (χ1n) is 3.02. The molecular weight excluding hydrogens is 168 g/mol. The quantitative estimate of drug-likeness (QED) is 0.582. The minimum atomic E-state index is -3.00. The van der Waals surface area contributed by atoms with E-state index in [4.69, 9.17) is 5.73 Å². The predicted octanol–water partition coefficient (Wildman–Crippen LogP) is -0.315. The number of nitrogens with two attached hydrogens (primary N) is 1. The van der Waals surface area contributed by atoms with Crippen molar-refractivity contribution in [3.05, 3.63) is 11.3 Å². The molecule has 0 aromatic carbocycles. The summed E-state index contributed by atoms with van der Waals surface area (Å²) in [5.74, 6) is 0.494. The summed E-state index contributed by atoms with van der Waals surface area (Å²) in [5, 5.41) is 3.44. The maximum atomic E-state index is 11.0. The Kier molecular flexibility index (Phi) is 1.07. The summed E-state index contributed by atoms with van der Waals surface area (Å²) in [6, 6.07) is 0. The van der Waals surface area contributed by atoms with Crippen molar-refractivity contribution in [3.8, 4) is 0 Å². The molecule has 0 amide bonds. The third-order valence-corrected chi connectivity index (χ3v) is 3.05. The van der Waals surface area contributed by atoms with Gasteiger partial charge in [0.1, 0.15) is 5.75 Å². The second-order valence-electron chi connectivity index (χ2n) is 2.50. The second kappa shape index (κ2) is 1.76. The van der Waals surface area contributed by atoms with Crippen molar-refractivity contribution in [2.24, 2.45) is 0 Å². The van der Waals surface area contributed by atoms with Gasteiger partial charge in [-0.05, 0) is 0 Å². The number of hydrogen-bond donors (Lipinski definition) is 1. The lowest BCUT2D eigenvalue weighted by molar-refractivity contribution is 0.396. The van der Waals surface area contributed by atoms with Crippen molar-refractivity contribution in [1.29, 1.82) is 0 Å². The largest absolute Gasteiger partial charge is 0.381 e. The van der Waals surface area contributed by atoms with Gasteiger partial charge in [-0.3, -0.25) is 0 Å². The van der Waals surface area contributed by atoms with E-state index < -0.39 is 9.84 Å². The summed E-state index contributed by atoms with van der Waals surface area (Å²) < 4.78 is 26.6. The Morgan fingerprint density at radius 3 is 2.82 bits per heavy atom. The number of sulfone groups is 1. The van der Waals surface area contributed by atoms with Crippen molar-refractivity contribution < 1.29 is 12.9 Å². The Balaban J connectivity index is 2.58. The van der Waals surface area contributed by atoms with Crippen LogP contribution in [0.2, 0.25) is 0 Å². The average molecular weight is 174 g/mol. The van der Waals surface area contributed by atoms with Gasteiger partial charge in [0.25, 0.3) is 0 Å². The average Bonchev–Trinajstić information content (AvgIpc) is 2.31. The van der Waals surface area contributed by atoms with E-state index in [0.717, 1.165) is 0 Å². The Morgan fingerprint density at radius 1 is 1.45 bits per heavy atom. The lowest BCUT2D eigenvalue weighted by atomic mass is 10.3. The van der Waals surface area contributed by atoms with Crippen molar-refractivity contribution in [2.45, 2.75) is 11.5 Å². The minimum Gasteiger partial charge on any atom is -0.381 e. The van der Waals surface area contributed by atoms with Gasteiger partial charge in [0.05, 0.1) is 11.3 Å². The van der Waals surface area contributed by atoms with Gasteiger partial charge in [-0.25, -0.2) is 8.42 Å². The van der Waals surface area contributed by atoms with Crippen molar-refractivity contribution in [1.82, 2.24) is 5.16 Å². The molecule has 11 heavy (non-hydrogen) atoms. The highest BCUT2D eigenvalue weighted by atomic mass is 32.2. The molecule has 0 aliphatic carbocycles. The zero-order chi connectivity index (χ0) is 8.06. The number of anilines is 1. The Bertz CT molecular complexity index is 392. The fourth-order valence-corrected chi connectivity index (χ4v) is 2.57. The number of rotatable bonds is 0. The number of hydrogen-bond acceptors (Lipinski definition) is 5. The molecule has 0 radical (unpaired) electrons. The standard InChI is InChI=1S/C5H6N2O3S/c6-5-3-1-11(8,9)2-4(3)10-7-5/h1-2H2,(H2,6,7). The predicted molar refractivity (Wildman–Crippen MR) is 37.2 cm³/mol. The minimum absolute atomic E-state index is 0.0301. The van der Waals surface area contributed by atoms with E-state index in [1.807, 2.05) is 0 Å². The van der Waals surface area contributed by atoms with E-state index >= 15 is 0 Å². The van der Waals surface area contributed by atoms with Crippen LogP contribution in [-0.4, -0.2) is 13.6 Å². The lowest BCUT2D eigenvalue weighted by Crippen LogP contribution is -1.98. The van der Waals surface area contributed by atoms with E-state index in [-0.39, 0.29) is 17.3 Å². The molecule has 0 saturated heterocycles. The van der Waals surface area contributed by atoms with Crippen LogP contribution in [0.5, 0.6) is 0 Å². The van der Waals surface area contributed by atoms with Gasteiger partial charge < -0.3 is 10.3 Å². The molecule has 60 valence electrons. The summed E-state index contributed by atoms with van der Waals surface area (Å²) in [4.78, 5) is 0. The first-order valence-corrected chi connectivity index (χ1v) is 4.84. The van der Waals surface area contributed by atoms with Gasteiger partial charge >= 0.3 is 0 Å². The van der Waals surface area contributed by atoms with Crippen LogP contribution in [0, 0.1) is 0 Å². The van der Waals surface area contributed by atoms with Gasteiger partial charge in [0, 0.05) is 0 Å². The summed E-state index contributed by atoms with van der Waals surface area (Å²) >= 11 is 0. The van der Waals surface area contributed by atoms with Gasteiger partial charge in [0.15, 0.2) is 21.4 Å². The smallest absolute Gasteiger partial charge is 0.171 e. The van der Waals surface area contributed by atoms with Gasteiger partial charge in [-0.2, -0.15) is 0 Å². The molecule has 1 aliphatic heterocycles. The SMILES string of the molecule is Nc1noc2c1CS(=O)(=O)C2. The zero-order valence-corrected chi connectivity index (χ0v) is 6.39. The zero-order valence-electron chi connectivity index (χ0n) is 5.57. The molecule has 2 heterocycles. The third kappa shape index (κ3) is 0.900. The van der Waals surface area contributed by atoms with E-state index in [2.05, 4.69) is 9.68 Å². The molecule has 0 unspecified atom stereocenters. The highest BCUT2D eigenvalue weighted by Crippen LogP contribution is 2.28. The van der Waals surface area contributed by atoms with Gasteiger partial charge in [-0.1, -0.05) is 5.16 Å². The van der Waals surface area contributed by atoms with Crippen LogP contribution in [0.3, 0.4) is 0 Å². The van der Waals surface area contributed by atoms with Gasteiger partial charge in [-0.15, -0.1) is 0 Å². The molecule has 1 aromatic rings. The molecule has 6 heteroatoms. The lowest BCUT2D eigenvalue weighted by Gasteiger charge is -1.87. The monoisotopic (exact) mass is 174 g/mol. The third-order valence-electron chi connectivity index (χ3n) is 1.62. The van der Waals surface area contributed by atoms with Crippen molar-refractivity contribution in [2.75, 3.05) is 5.73 Å². The maximum absolute atomic E-state index is 11.0. The first-order chi connectivity index (χ1) is 5.08. The van der Waals surface area contributed by atoms with Crippen LogP contribution in [0.25, 0.3) is 0 Å². The van der Waals surface area contributed by atoms with Crippen LogP contribution >= 0.6 is 0 Å². The van der Waals surface area contributed by atoms with E-state index in [0.29, 0.717) is 11.3 Å². The Labute approximate surface area is 63.1 Å². The first kappa shape index (κ1) is 6.66. The molecule has 0 saturated carbocycles. The van der Waals surface area contributed by atoms with E-state index in [9.17, 15) is 8.42 Å². The number of fused-ring (bicyclic) bond motifs is 1. The normalized spacial score (nSPS) is 20.0. The Hall–Kier alpha value is -1.04. The molecule has 5 nitrogen and oxygen atoms in total. The Morgan fingerprint density at radius 2 is 2.18 bits per heavy atom. The molecule has 0 spiro atoms. The van der Waals surface area contributed by atoms with Crippen LogP contribution in [0.15, 0.2) is 4.52 Å². The van der Waals surface area contributed by atoms with Crippen LogP contribution in [-0.2, 0) is 21.3 Å². The van der Waals surface area contributed by atoms with Crippen LogP contribution in [0.1, 0.15) is 11.3 Å². The molecule has 0 fully saturated rings. The van der Waals surface area contributed by atoms with E-state index in [1.54, 1.807) is 0 Å². The summed E-state index contributed by atoms with van der Waals surface area (Å²) in [7, 11) is -3.00. The van der Waals surface area contributed by atoms with Crippen molar-refractivity contribution in [3.63, 3.8) is 0 Å². The van der Waals surface area contributed by atoms with Crippen LogP contribution in [0.4, 0.5) is 5.82 Å². The molecule has 0 atom stereocenters. The summed E-state index contributed by atoms with van der Waals surface area (Å²) in [5.41, 5.74) is 5.88. The highest BCUT2D eigenvalue weighted by Gasteiger charge is 2.31. The van der Waals surface area contributed by atoms with E-state index in [1.165, 1.54) is 0 Å². The molecule has 1 aliphatic rings. The molecule has 1 aromatic heterocycles. The van der Waals surface area contributed by atoms with Crippen LogP contribution < -0.4 is 5.73 Å².